The molecular formula is C24H23ClN4O. The summed E-state index contributed by atoms with van der Waals surface area (Å²) in [5.41, 5.74) is 6.07. The molecule has 0 bridgehead atoms. The first-order chi connectivity index (χ1) is 14.5. The number of nitrogens with zero attached hydrogens (tertiary/aromatic N) is 4. The maximum absolute atomic E-state index is 6.12. The first kappa shape index (κ1) is 20.1. The van der Waals surface area contributed by atoms with Crippen LogP contribution in [-0.2, 0) is 12.8 Å². The van der Waals surface area contributed by atoms with Gasteiger partial charge in [-0.15, -0.1) is 0 Å². The predicted octanol–water partition coefficient (Wildman–Crippen LogP) is 5.12. The Bertz CT molecular complexity index is 1190. The second kappa shape index (κ2) is 8.67. The molecule has 2 aromatic heterocycles. The average molecular weight is 419 g/mol. The van der Waals surface area contributed by atoms with E-state index < -0.39 is 0 Å². The summed E-state index contributed by atoms with van der Waals surface area (Å²) in [6.07, 6.45) is 5.12. The Labute approximate surface area is 181 Å². The molecule has 0 saturated heterocycles. The fourth-order valence-corrected chi connectivity index (χ4v) is 3.72. The fourth-order valence-electron chi connectivity index (χ4n) is 3.51. The molecule has 5 nitrogen and oxygen atoms in total. The Kier molecular flexibility index (Phi) is 5.81. The summed E-state index contributed by atoms with van der Waals surface area (Å²) in [6.45, 7) is 3.96. The lowest BCUT2D eigenvalue weighted by molar-refractivity contribution is 0.412. The van der Waals surface area contributed by atoms with Crippen LogP contribution in [0.5, 0.6) is 5.75 Å². The minimum absolute atomic E-state index is 0.629. The van der Waals surface area contributed by atoms with Gasteiger partial charge >= 0.3 is 0 Å². The molecule has 0 N–H and O–H groups in total. The molecule has 0 fully saturated rings. The van der Waals surface area contributed by atoms with E-state index in [2.05, 4.69) is 22.1 Å². The molecule has 2 aromatic carbocycles. The molecule has 0 spiro atoms. The van der Waals surface area contributed by atoms with Crippen LogP contribution >= 0.6 is 11.6 Å². The highest BCUT2D eigenvalue weighted by Crippen LogP contribution is 2.25. The zero-order chi connectivity index (χ0) is 21.1. The van der Waals surface area contributed by atoms with Crippen molar-refractivity contribution in [3.63, 3.8) is 0 Å². The molecule has 30 heavy (non-hydrogen) atoms. The maximum atomic E-state index is 6.12. The Morgan fingerprint density at radius 1 is 0.933 bits per heavy atom. The lowest BCUT2D eigenvalue weighted by Gasteiger charge is -2.12. The van der Waals surface area contributed by atoms with Crippen molar-refractivity contribution in [3.05, 3.63) is 100 Å². The van der Waals surface area contributed by atoms with Gasteiger partial charge in [0.05, 0.1) is 24.8 Å². The molecule has 0 unspecified atom stereocenters. The second-order valence-electron chi connectivity index (χ2n) is 7.33. The van der Waals surface area contributed by atoms with Gasteiger partial charge in [0.25, 0.3) is 0 Å². The van der Waals surface area contributed by atoms with Gasteiger partial charge in [-0.05, 0) is 55.3 Å². The van der Waals surface area contributed by atoms with Crippen molar-refractivity contribution in [1.29, 1.82) is 0 Å². The van der Waals surface area contributed by atoms with Crippen molar-refractivity contribution >= 4 is 11.6 Å². The number of methoxy groups -OCH3 is 1. The third-order valence-corrected chi connectivity index (χ3v) is 5.06. The van der Waals surface area contributed by atoms with Crippen molar-refractivity contribution in [2.45, 2.75) is 26.7 Å². The summed E-state index contributed by atoms with van der Waals surface area (Å²) in [6, 6.07) is 16.0. The maximum Gasteiger partial charge on any atom is 0.143 e. The topological polar surface area (TPSA) is 52.8 Å². The average Bonchev–Trinajstić information content (AvgIpc) is 3.13. The van der Waals surface area contributed by atoms with Gasteiger partial charge in [-0.2, -0.15) is 0 Å². The van der Waals surface area contributed by atoms with Crippen molar-refractivity contribution in [1.82, 2.24) is 19.5 Å². The van der Waals surface area contributed by atoms with E-state index in [0.29, 0.717) is 6.42 Å². The number of benzene rings is 2. The highest BCUT2D eigenvalue weighted by Gasteiger charge is 2.10. The number of imidazole rings is 1. The summed E-state index contributed by atoms with van der Waals surface area (Å²) in [5, 5.41) is 0.735. The van der Waals surface area contributed by atoms with Crippen LogP contribution in [0.2, 0.25) is 5.02 Å². The summed E-state index contributed by atoms with van der Waals surface area (Å²) in [5.74, 6) is 1.58. The van der Waals surface area contributed by atoms with Crippen LogP contribution in [0.3, 0.4) is 0 Å². The Morgan fingerprint density at radius 3 is 2.50 bits per heavy atom. The molecule has 152 valence electrons. The third-order valence-electron chi connectivity index (χ3n) is 4.82. The molecule has 0 saturated carbocycles. The number of hydrogen-bond donors (Lipinski definition) is 0. The number of aryl methyl sites for hydroxylation is 2. The first-order valence-corrected chi connectivity index (χ1v) is 10.1. The van der Waals surface area contributed by atoms with E-state index in [1.807, 2.05) is 61.0 Å². The number of rotatable bonds is 6. The van der Waals surface area contributed by atoms with Crippen molar-refractivity contribution in [3.8, 4) is 11.4 Å². The van der Waals surface area contributed by atoms with E-state index >= 15 is 0 Å². The van der Waals surface area contributed by atoms with Crippen LogP contribution in [0.4, 0.5) is 0 Å². The van der Waals surface area contributed by atoms with Gasteiger partial charge in [-0.1, -0.05) is 29.8 Å². The summed E-state index contributed by atoms with van der Waals surface area (Å²) in [7, 11) is 1.68. The van der Waals surface area contributed by atoms with Crippen molar-refractivity contribution < 1.29 is 4.74 Å². The van der Waals surface area contributed by atoms with Gasteiger partial charge in [0.2, 0.25) is 0 Å². The number of hydrogen-bond acceptors (Lipinski definition) is 4. The molecule has 0 radical (unpaired) electrons. The summed E-state index contributed by atoms with van der Waals surface area (Å²) in [4.78, 5) is 13.7. The lowest BCUT2D eigenvalue weighted by Crippen LogP contribution is -2.04. The zero-order valence-electron chi connectivity index (χ0n) is 17.3. The molecule has 0 atom stereocenters. The highest BCUT2D eigenvalue weighted by atomic mass is 35.5. The van der Waals surface area contributed by atoms with Crippen LogP contribution in [0.1, 0.15) is 34.0 Å². The Balaban J connectivity index is 1.58. The van der Waals surface area contributed by atoms with E-state index in [4.69, 9.17) is 21.3 Å². The summed E-state index contributed by atoms with van der Waals surface area (Å²) < 4.78 is 7.59. The standard InChI is InChI=1S/C24H23ClN4O/c1-16-9-21(11-18-5-4-6-20(25)10-18)28-24(27-16)13-19-7-8-22(23(12-19)30-3)29-14-17(2)26-15-29/h4-10,12,14-15H,11,13H2,1-3H3. The van der Waals surface area contributed by atoms with Crippen LogP contribution in [0.15, 0.2) is 61.1 Å². The highest BCUT2D eigenvalue weighted by molar-refractivity contribution is 6.30. The fraction of sp³-hybridized carbons (Fsp3) is 0.208. The lowest BCUT2D eigenvalue weighted by atomic mass is 10.1. The molecule has 4 aromatic rings. The molecule has 4 rings (SSSR count). The van der Waals surface area contributed by atoms with Crippen LogP contribution in [0.25, 0.3) is 5.69 Å². The molecule has 0 aliphatic rings. The largest absolute Gasteiger partial charge is 0.495 e. The Morgan fingerprint density at radius 2 is 1.77 bits per heavy atom. The van der Waals surface area contributed by atoms with E-state index in [1.54, 1.807) is 13.4 Å². The van der Waals surface area contributed by atoms with E-state index in [9.17, 15) is 0 Å². The van der Waals surface area contributed by atoms with Gasteiger partial charge in [0, 0.05) is 35.4 Å². The molecule has 0 amide bonds. The van der Waals surface area contributed by atoms with E-state index in [1.165, 1.54) is 0 Å². The Hall–Kier alpha value is -3.18. The predicted molar refractivity (Wildman–Crippen MR) is 119 cm³/mol. The third kappa shape index (κ3) is 4.69. The molecule has 0 aliphatic heterocycles. The van der Waals surface area contributed by atoms with Crippen molar-refractivity contribution in [2.75, 3.05) is 7.11 Å². The molecule has 0 aliphatic carbocycles. The van der Waals surface area contributed by atoms with Gasteiger partial charge < -0.3 is 9.30 Å². The SMILES string of the molecule is COc1cc(Cc2nc(C)cc(Cc3cccc(Cl)c3)n2)ccc1-n1cnc(C)c1. The second-order valence-corrected chi connectivity index (χ2v) is 7.77. The summed E-state index contributed by atoms with van der Waals surface area (Å²) >= 11 is 6.12. The minimum Gasteiger partial charge on any atom is -0.495 e. The van der Waals surface area contributed by atoms with E-state index in [0.717, 1.165) is 56.9 Å². The zero-order valence-corrected chi connectivity index (χ0v) is 18.0. The molecule has 6 heteroatoms. The first-order valence-electron chi connectivity index (χ1n) is 9.76. The van der Waals surface area contributed by atoms with Crippen LogP contribution < -0.4 is 4.74 Å². The van der Waals surface area contributed by atoms with Gasteiger partial charge in [0.15, 0.2) is 0 Å². The molecule has 2 heterocycles. The normalized spacial score (nSPS) is 10.9. The quantitative estimate of drug-likeness (QED) is 0.436. The minimum atomic E-state index is 0.629. The number of aromatic nitrogens is 4. The van der Waals surface area contributed by atoms with Crippen LogP contribution in [0, 0.1) is 13.8 Å². The number of ether oxygens (including phenoxy) is 1. The number of halogens is 1. The van der Waals surface area contributed by atoms with Crippen LogP contribution in [-0.4, -0.2) is 26.6 Å². The van der Waals surface area contributed by atoms with E-state index in [-0.39, 0.29) is 0 Å². The van der Waals surface area contributed by atoms with Gasteiger partial charge in [-0.25, -0.2) is 15.0 Å². The van der Waals surface area contributed by atoms with Gasteiger partial charge in [0.1, 0.15) is 11.6 Å². The molecular weight excluding hydrogens is 396 g/mol. The van der Waals surface area contributed by atoms with Crippen molar-refractivity contribution in [2.24, 2.45) is 0 Å². The smallest absolute Gasteiger partial charge is 0.143 e. The van der Waals surface area contributed by atoms with Gasteiger partial charge in [-0.3, -0.25) is 0 Å². The monoisotopic (exact) mass is 418 g/mol.